The Labute approximate surface area is 140 Å². The zero-order valence-corrected chi connectivity index (χ0v) is 14.3. The molecule has 1 aromatic carbocycles. The first-order valence-electron chi connectivity index (χ1n) is 5.33. The lowest BCUT2D eigenvalue weighted by molar-refractivity contribution is 0.412. The summed E-state index contributed by atoms with van der Waals surface area (Å²) in [6, 6.07) is 4.66. The number of phenolic OH excluding ortho intramolecular Hbond substituents is 1. The van der Waals surface area contributed by atoms with Crippen LogP contribution in [-0.4, -0.2) is 28.0 Å². The fraction of sp³-hybridized carbons (Fsp3) is 0.273. The number of nitriles is 1. The maximum absolute atomic E-state index is 11.4. The number of nitrogens with zero attached hydrogens (tertiary/aromatic N) is 2. The highest BCUT2D eigenvalue weighted by Crippen LogP contribution is 2.45. The van der Waals surface area contributed by atoms with E-state index in [0.717, 1.165) is 0 Å². The van der Waals surface area contributed by atoms with Crippen molar-refractivity contribution in [2.75, 3.05) is 6.54 Å². The van der Waals surface area contributed by atoms with Crippen LogP contribution in [0.3, 0.4) is 0 Å². The van der Waals surface area contributed by atoms with Crippen LogP contribution >= 0.6 is 46.1 Å². The number of aromatic hydroxyl groups is 1. The van der Waals surface area contributed by atoms with Gasteiger partial charge in [0, 0.05) is 46.4 Å². The zero-order chi connectivity index (χ0) is 15.1. The Hall–Kier alpha value is -0.530. The van der Waals surface area contributed by atoms with E-state index in [9.17, 15) is 18.8 Å². The Balaban J connectivity index is 2.89. The lowest BCUT2D eigenvalue weighted by Gasteiger charge is -2.28. The molecule has 1 heterocycles. The van der Waals surface area contributed by atoms with Crippen LogP contribution in [-0.2, 0) is 15.8 Å². The minimum absolute atomic E-state index is 0.0111. The molecule has 5 nitrogen and oxygen atoms in total. The van der Waals surface area contributed by atoms with Crippen LogP contribution in [0.5, 0.6) is 5.75 Å². The Morgan fingerprint density at radius 1 is 1.45 bits per heavy atom. The molecule has 1 aliphatic rings. The lowest BCUT2D eigenvalue weighted by atomic mass is 9.89. The highest BCUT2D eigenvalue weighted by atomic mass is 127. The van der Waals surface area contributed by atoms with Crippen molar-refractivity contribution in [2.45, 2.75) is 12.0 Å². The Bertz CT molecular complexity index is 752. The van der Waals surface area contributed by atoms with Crippen molar-refractivity contribution in [1.82, 2.24) is 3.11 Å². The van der Waals surface area contributed by atoms with E-state index in [0.29, 0.717) is 6.54 Å². The number of rotatable bonds is 1. The molecule has 0 spiro atoms. The van der Waals surface area contributed by atoms with Crippen LogP contribution in [0.25, 0.3) is 0 Å². The van der Waals surface area contributed by atoms with Crippen molar-refractivity contribution in [3.05, 3.63) is 27.7 Å². The second-order valence-electron chi connectivity index (χ2n) is 4.10. The molecule has 0 radical (unpaired) electrons. The third-order valence-electron chi connectivity index (χ3n) is 3.08. The fourth-order valence-corrected chi connectivity index (χ4v) is 4.51. The molecule has 1 aromatic rings. The van der Waals surface area contributed by atoms with E-state index in [1.54, 1.807) is 0 Å². The van der Waals surface area contributed by atoms with Gasteiger partial charge in [-0.15, -0.1) is 0 Å². The molecule has 0 amide bonds. The summed E-state index contributed by atoms with van der Waals surface area (Å²) in [4.78, 5) is -0.0111. The minimum atomic E-state index is -2.55. The van der Waals surface area contributed by atoms with Gasteiger partial charge >= 0.3 is 0 Å². The average Bonchev–Trinajstić information content (AvgIpc) is 2.71. The number of halogens is 3. The van der Waals surface area contributed by atoms with Crippen LogP contribution < -0.4 is 0 Å². The molecule has 0 aliphatic carbocycles. The molecular weight excluding hydrogens is 438 g/mol. The maximum atomic E-state index is 11.4. The van der Waals surface area contributed by atoms with Crippen LogP contribution in [0.15, 0.2) is 12.1 Å². The van der Waals surface area contributed by atoms with Crippen molar-refractivity contribution in [2.24, 2.45) is 0 Å². The predicted molar refractivity (Wildman–Crippen MR) is 84.7 cm³/mol. The van der Waals surface area contributed by atoms with Crippen molar-refractivity contribution in [3.63, 3.8) is 0 Å². The van der Waals surface area contributed by atoms with Gasteiger partial charge in [-0.3, -0.25) is 0 Å². The summed E-state index contributed by atoms with van der Waals surface area (Å²) in [6.45, 7) is 0.362. The first-order chi connectivity index (χ1) is 9.34. The molecule has 0 unspecified atom stereocenters. The summed E-state index contributed by atoms with van der Waals surface area (Å²) in [6.07, 6.45) is 0.205. The molecule has 0 aromatic heterocycles. The van der Waals surface area contributed by atoms with Crippen LogP contribution in [0.1, 0.15) is 12.0 Å². The average molecular weight is 445 g/mol. The van der Waals surface area contributed by atoms with Crippen LogP contribution in [0.2, 0.25) is 10.0 Å². The van der Waals surface area contributed by atoms with Gasteiger partial charge in [-0.2, -0.15) is 13.7 Å². The molecule has 1 saturated heterocycles. The largest absolute Gasteiger partial charge is 0.506 e. The molecule has 9 heteroatoms. The summed E-state index contributed by atoms with van der Waals surface area (Å²) in [5, 5.41) is 19.9. The summed E-state index contributed by atoms with van der Waals surface area (Å²) in [7, 11) is -2.55. The third kappa shape index (κ3) is 2.29. The van der Waals surface area contributed by atoms with Crippen molar-refractivity contribution in [1.29, 1.82) is 5.26 Å². The topological polar surface area (TPSA) is 81.4 Å². The summed E-state index contributed by atoms with van der Waals surface area (Å²) < 4.78 is 24.3. The van der Waals surface area contributed by atoms with Gasteiger partial charge in [0.05, 0.1) is 16.0 Å². The molecule has 0 bridgehead atoms. The van der Waals surface area contributed by atoms with E-state index in [1.165, 1.54) is 15.2 Å². The van der Waals surface area contributed by atoms with E-state index in [-0.39, 0.29) is 32.6 Å². The quantitative estimate of drug-likeness (QED) is 0.409. The Morgan fingerprint density at radius 3 is 2.65 bits per heavy atom. The molecule has 1 aliphatic heterocycles. The number of hydrogen-bond donors (Lipinski definition) is 1. The predicted octanol–water partition coefficient (Wildman–Crippen LogP) is 2.53. The van der Waals surface area contributed by atoms with E-state index >= 15 is 0 Å². The standard InChI is InChI=1S/C11H7Cl2IN2O3S/c12-6-3-7(10(17)8(13)4-6)11(5-15)9(20(18)19)1-2-16(11)14/h3-4,17H,1-2H2/t11-/m1/s1. The van der Waals surface area contributed by atoms with Crippen molar-refractivity contribution < 1.29 is 13.5 Å². The highest BCUT2D eigenvalue weighted by Gasteiger charge is 2.50. The SMILES string of the molecule is N#C[C@@]1(c2cc(Cl)cc(Cl)c2O)C(=S(=O)=O)CCN1I. The van der Waals surface area contributed by atoms with Gasteiger partial charge in [-0.25, -0.2) is 3.11 Å². The number of hydrogen-bond acceptors (Lipinski definition) is 5. The third-order valence-corrected chi connectivity index (χ3v) is 5.70. The van der Waals surface area contributed by atoms with Gasteiger partial charge in [-0.1, -0.05) is 23.2 Å². The number of benzene rings is 1. The van der Waals surface area contributed by atoms with Crippen molar-refractivity contribution >= 4 is 61.2 Å². The zero-order valence-electron chi connectivity index (χ0n) is 9.77. The van der Waals surface area contributed by atoms with Gasteiger partial charge in [0.1, 0.15) is 5.75 Å². The first-order valence-corrected chi connectivity index (χ1v) is 8.13. The molecule has 20 heavy (non-hydrogen) atoms. The van der Waals surface area contributed by atoms with E-state index in [4.69, 9.17) is 23.2 Å². The summed E-state index contributed by atoms with van der Waals surface area (Å²) >= 11 is 13.6. The minimum Gasteiger partial charge on any atom is -0.506 e. The maximum Gasteiger partial charge on any atom is 0.216 e. The number of phenols is 1. The first kappa shape index (κ1) is 15.9. The lowest BCUT2D eigenvalue weighted by Crippen LogP contribution is -2.39. The normalized spacial score (nSPS) is 22.8. The second kappa shape index (κ2) is 5.69. The van der Waals surface area contributed by atoms with Crippen LogP contribution in [0.4, 0.5) is 0 Å². The molecule has 1 fully saturated rings. The molecule has 2 rings (SSSR count). The highest BCUT2D eigenvalue weighted by molar-refractivity contribution is 14.1. The fourth-order valence-electron chi connectivity index (χ4n) is 2.19. The smallest absolute Gasteiger partial charge is 0.216 e. The van der Waals surface area contributed by atoms with Gasteiger partial charge in [0.2, 0.25) is 10.3 Å². The Morgan fingerprint density at radius 2 is 2.10 bits per heavy atom. The van der Waals surface area contributed by atoms with Gasteiger partial charge in [0.15, 0.2) is 5.54 Å². The van der Waals surface area contributed by atoms with Crippen molar-refractivity contribution in [3.8, 4) is 11.8 Å². The molecule has 106 valence electrons. The molecular formula is C11H7Cl2IN2O3S. The Kier molecular flexibility index (Phi) is 4.51. The molecule has 0 saturated carbocycles. The monoisotopic (exact) mass is 444 g/mol. The van der Waals surface area contributed by atoms with E-state index in [2.05, 4.69) is 0 Å². The van der Waals surface area contributed by atoms with Crippen LogP contribution in [0, 0.1) is 11.3 Å². The second-order valence-corrected chi connectivity index (χ2v) is 7.07. The summed E-state index contributed by atoms with van der Waals surface area (Å²) in [5.41, 5.74) is -1.52. The van der Waals surface area contributed by atoms with Gasteiger partial charge in [-0.05, 0) is 12.1 Å². The summed E-state index contributed by atoms with van der Waals surface area (Å²) in [5.74, 6) is -0.343. The van der Waals surface area contributed by atoms with Gasteiger partial charge in [0.25, 0.3) is 0 Å². The van der Waals surface area contributed by atoms with Gasteiger partial charge < -0.3 is 5.11 Å². The van der Waals surface area contributed by atoms with E-state index in [1.807, 2.05) is 28.9 Å². The van der Waals surface area contributed by atoms with E-state index < -0.39 is 15.8 Å². The molecule has 1 N–H and O–H groups in total. The molecule has 1 atom stereocenters.